The second-order valence-corrected chi connectivity index (χ2v) is 12.0. The third-order valence-corrected chi connectivity index (χ3v) is 7.20. The highest BCUT2D eigenvalue weighted by atomic mass is 19.3. The molecule has 2 amide bonds. The van der Waals surface area contributed by atoms with Gasteiger partial charge in [0.15, 0.2) is 23.0 Å². The first-order valence-corrected chi connectivity index (χ1v) is 14.7. The van der Waals surface area contributed by atoms with E-state index in [0.717, 1.165) is 17.7 Å². The summed E-state index contributed by atoms with van der Waals surface area (Å²) in [5.41, 5.74) is 5.37. The van der Waals surface area contributed by atoms with Gasteiger partial charge in [-0.3, -0.25) is 9.59 Å². The molecule has 0 bridgehead atoms. The number of piperazine rings is 1. The van der Waals surface area contributed by atoms with Crippen molar-refractivity contribution in [1.82, 2.24) is 14.8 Å². The summed E-state index contributed by atoms with van der Waals surface area (Å²) in [5, 5.41) is 0. The largest absolute Gasteiger partial charge is 0.489 e. The lowest BCUT2D eigenvalue weighted by Crippen LogP contribution is -2.60. The Labute approximate surface area is 264 Å². The molecule has 1 aliphatic heterocycles. The number of rotatable bonds is 11. The van der Waals surface area contributed by atoms with Gasteiger partial charge in [-0.2, -0.15) is 8.78 Å². The van der Waals surface area contributed by atoms with Gasteiger partial charge in [-0.25, -0.2) is 14.6 Å². The summed E-state index contributed by atoms with van der Waals surface area (Å²) >= 11 is 0. The Morgan fingerprint density at radius 1 is 1.11 bits per heavy atom. The number of hydrogen-bond acceptors (Lipinski definition) is 12. The van der Waals surface area contributed by atoms with Gasteiger partial charge >= 0.3 is 24.6 Å². The Kier molecular flexibility index (Phi) is 10.7. The smallest absolute Gasteiger partial charge is 0.409 e. The van der Waals surface area contributed by atoms with Gasteiger partial charge in [0, 0.05) is 18.7 Å². The number of methoxy groups -OCH3 is 1. The number of halogens is 2. The van der Waals surface area contributed by atoms with Gasteiger partial charge < -0.3 is 43.6 Å². The summed E-state index contributed by atoms with van der Waals surface area (Å²) in [6.07, 6.45) is 1.22. The fourth-order valence-corrected chi connectivity index (χ4v) is 4.47. The molecule has 2 fully saturated rings. The van der Waals surface area contributed by atoms with E-state index in [2.05, 4.69) is 9.72 Å². The summed E-state index contributed by atoms with van der Waals surface area (Å²) in [6, 6.07) is 1.96. The number of aromatic nitrogens is 1. The van der Waals surface area contributed by atoms with E-state index in [1.807, 2.05) is 0 Å². The molecule has 1 unspecified atom stereocenters. The maximum atomic E-state index is 14.0. The van der Waals surface area contributed by atoms with Crippen LogP contribution in [-0.4, -0.2) is 91.5 Å². The fourth-order valence-electron chi connectivity index (χ4n) is 4.47. The number of hydrogen-bond donors (Lipinski definition) is 1. The predicted octanol–water partition coefficient (Wildman–Crippen LogP) is 3.73. The summed E-state index contributed by atoms with van der Waals surface area (Å²) in [5.74, 6) is -2.17. The third kappa shape index (κ3) is 8.41. The van der Waals surface area contributed by atoms with Gasteiger partial charge in [-0.1, -0.05) is 0 Å². The number of benzene rings is 1. The van der Waals surface area contributed by atoms with E-state index in [-0.39, 0.29) is 48.5 Å². The van der Waals surface area contributed by atoms with Crippen molar-refractivity contribution in [3.8, 4) is 23.0 Å². The van der Waals surface area contributed by atoms with Gasteiger partial charge in [0.1, 0.15) is 6.04 Å². The highest BCUT2D eigenvalue weighted by Gasteiger charge is 2.41. The van der Waals surface area contributed by atoms with Crippen LogP contribution >= 0.6 is 0 Å². The molecule has 1 aliphatic carbocycles. The molecular formula is C30H38F2N4O10. The average molecular weight is 653 g/mol. The highest BCUT2D eigenvalue weighted by Crippen LogP contribution is 2.37. The van der Waals surface area contributed by atoms with Gasteiger partial charge in [0.2, 0.25) is 12.7 Å². The number of nitrogens with zero attached hydrogens (tertiary/aromatic N) is 3. The summed E-state index contributed by atoms with van der Waals surface area (Å²) in [7, 11) is 1.18. The molecule has 2 heterocycles. The van der Waals surface area contributed by atoms with E-state index < -0.39 is 54.8 Å². The summed E-state index contributed by atoms with van der Waals surface area (Å²) < 4.78 is 57.3. The lowest BCUT2D eigenvalue weighted by molar-refractivity contribution is -0.176. The molecule has 1 saturated carbocycles. The van der Waals surface area contributed by atoms with Crippen LogP contribution in [0, 0.1) is 11.3 Å². The van der Waals surface area contributed by atoms with Gasteiger partial charge in [0.25, 0.3) is 5.91 Å². The van der Waals surface area contributed by atoms with Crippen LogP contribution in [0.2, 0.25) is 0 Å². The molecule has 46 heavy (non-hydrogen) atoms. The second kappa shape index (κ2) is 14.3. The molecule has 2 N–H and O–H groups in total. The fraction of sp³-hybridized carbons (Fsp3) is 0.567. The van der Waals surface area contributed by atoms with Crippen LogP contribution in [-0.2, 0) is 23.8 Å². The minimum atomic E-state index is -3.07. The lowest BCUT2D eigenvalue weighted by Gasteiger charge is -2.39. The van der Waals surface area contributed by atoms with Crippen molar-refractivity contribution in [3.63, 3.8) is 0 Å². The molecule has 252 valence electrons. The van der Waals surface area contributed by atoms with Crippen molar-refractivity contribution >= 4 is 23.9 Å². The van der Waals surface area contributed by atoms with Gasteiger partial charge in [-0.15, -0.1) is 0 Å². The number of ether oxygens (including phenoxy) is 5. The number of nitrogens with two attached hydrogens (primary N) is 1. The first-order valence-electron chi connectivity index (χ1n) is 14.7. The average Bonchev–Trinajstić information content (AvgIpc) is 3.73. The Bertz CT molecular complexity index is 1440. The summed E-state index contributed by atoms with van der Waals surface area (Å²) in [4.78, 5) is 58.3. The molecule has 1 aromatic carbocycles. The molecule has 2 aliphatic rings. The number of carbonyl (C=O) groups is 4. The number of alkyl halides is 2. The molecule has 0 spiro atoms. The standard InChI is InChI=1S/C30H38F2N4O10/c1-16(33)23-22(34-24(46-23)18-8-9-20(45-28(31)32)21(12-18)42-14-17-6-7-17)25(37)36-11-10-35(29(40)41-5)13-19(36)26(38)43-15-44-27(39)30(2,3)4/h8-9,12,16-17,19,28H,6-7,10-11,13-15,33H2,1-5H3/t16-,19?/m0/s1. The Balaban J connectivity index is 1.61. The van der Waals surface area contributed by atoms with Crippen molar-refractivity contribution in [3.05, 3.63) is 29.7 Å². The van der Waals surface area contributed by atoms with Crippen LogP contribution in [0.4, 0.5) is 13.6 Å². The van der Waals surface area contributed by atoms with Crippen LogP contribution in [0.15, 0.2) is 22.6 Å². The highest BCUT2D eigenvalue weighted by molar-refractivity contribution is 5.97. The molecule has 14 nitrogen and oxygen atoms in total. The van der Waals surface area contributed by atoms with Crippen molar-refractivity contribution < 1.29 is 56.1 Å². The minimum Gasteiger partial charge on any atom is -0.489 e. The van der Waals surface area contributed by atoms with Crippen molar-refractivity contribution in [2.24, 2.45) is 17.1 Å². The van der Waals surface area contributed by atoms with Crippen molar-refractivity contribution in [1.29, 1.82) is 0 Å². The number of oxazole rings is 1. The second-order valence-electron chi connectivity index (χ2n) is 12.0. The predicted molar refractivity (Wildman–Crippen MR) is 155 cm³/mol. The number of esters is 2. The van der Waals surface area contributed by atoms with E-state index in [1.165, 1.54) is 30.2 Å². The monoisotopic (exact) mass is 652 g/mol. The van der Waals surface area contributed by atoms with Gasteiger partial charge in [-0.05, 0) is 64.7 Å². The van der Waals surface area contributed by atoms with E-state index in [4.69, 9.17) is 29.1 Å². The minimum absolute atomic E-state index is 0.00465. The first kappa shape index (κ1) is 34.4. The zero-order valence-electron chi connectivity index (χ0n) is 26.2. The van der Waals surface area contributed by atoms with Crippen molar-refractivity contribution in [2.75, 3.05) is 40.1 Å². The molecule has 1 saturated heterocycles. The molecule has 4 rings (SSSR count). The normalized spacial score (nSPS) is 17.4. The lowest BCUT2D eigenvalue weighted by atomic mass is 9.98. The first-order chi connectivity index (χ1) is 21.7. The topological polar surface area (TPSA) is 173 Å². The Morgan fingerprint density at radius 2 is 1.83 bits per heavy atom. The van der Waals surface area contributed by atoms with Gasteiger partial charge in [0.05, 0.1) is 31.7 Å². The van der Waals surface area contributed by atoms with Crippen molar-refractivity contribution in [2.45, 2.75) is 59.2 Å². The van der Waals surface area contributed by atoms with E-state index in [0.29, 0.717) is 18.1 Å². The van der Waals surface area contributed by atoms with E-state index >= 15 is 0 Å². The quantitative estimate of drug-likeness (QED) is 0.276. The van der Waals surface area contributed by atoms with Crippen LogP contribution in [0.3, 0.4) is 0 Å². The maximum absolute atomic E-state index is 14.0. The van der Waals surface area contributed by atoms with E-state index in [1.54, 1.807) is 27.7 Å². The van der Waals surface area contributed by atoms with Crippen LogP contribution in [0.5, 0.6) is 11.5 Å². The number of carbonyl (C=O) groups excluding carboxylic acids is 4. The molecule has 0 radical (unpaired) electrons. The third-order valence-electron chi connectivity index (χ3n) is 7.20. The number of amides is 2. The zero-order chi connectivity index (χ0) is 33.8. The van der Waals surface area contributed by atoms with Crippen LogP contribution in [0.25, 0.3) is 11.5 Å². The Hall–Kier alpha value is -4.47. The molecule has 1 aromatic heterocycles. The Morgan fingerprint density at radius 3 is 2.43 bits per heavy atom. The molecular weight excluding hydrogens is 614 g/mol. The molecule has 16 heteroatoms. The zero-order valence-corrected chi connectivity index (χ0v) is 26.2. The van der Waals surface area contributed by atoms with Crippen LogP contribution in [0.1, 0.15) is 62.8 Å². The van der Waals surface area contributed by atoms with E-state index in [9.17, 15) is 28.0 Å². The molecule has 2 atom stereocenters. The summed E-state index contributed by atoms with van der Waals surface area (Å²) in [6.45, 7) is 2.60. The SMILES string of the molecule is COC(=O)N1CCN(C(=O)c2nc(-c3ccc(OC(F)F)c(OCC4CC4)c3)oc2[C@H](C)N)C(C(=O)OCOC(=O)C(C)(C)C)C1. The van der Waals surface area contributed by atoms with Crippen LogP contribution < -0.4 is 15.2 Å². The maximum Gasteiger partial charge on any atom is 0.409 e. The molecule has 2 aromatic rings.